The van der Waals surface area contributed by atoms with Crippen LogP contribution < -0.4 is 11.1 Å². The highest BCUT2D eigenvalue weighted by Gasteiger charge is 2.06. The third-order valence-corrected chi connectivity index (χ3v) is 3.46. The normalized spacial score (nSPS) is 10.2. The van der Waals surface area contributed by atoms with E-state index in [-0.39, 0.29) is 5.91 Å². The van der Waals surface area contributed by atoms with Crippen molar-refractivity contribution >= 4 is 11.8 Å². The van der Waals surface area contributed by atoms with Gasteiger partial charge in [-0.05, 0) is 54.8 Å². The van der Waals surface area contributed by atoms with Crippen LogP contribution in [0.2, 0.25) is 0 Å². The Morgan fingerprint density at radius 3 is 2.14 bits per heavy atom. The van der Waals surface area contributed by atoms with Gasteiger partial charge < -0.3 is 11.1 Å². The van der Waals surface area contributed by atoms with Crippen LogP contribution in [0.15, 0.2) is 42.5 Å². The molecule has 2 amide bonds. The Bertz CT molecular complexity index is 676. The van der Waals surface area contributed by atoms with Gasteiger partial charge in [0.1, 0.15) is 0 Å². The standard InChI is InChI=1S/C17H18N2O2/c1-11-3-6-15(9-12(11)2)17(21)19-10-13-4-7-14(8-5-13)16(18)20/h3-9H,10H2,1-2H3,(H2,18,20)(H,19,21). The van der Waals surface area contributed by atoms with Crippen molar-refractivity contribution in [1.82, 2.24) is 5.32 Å². The highest BCUT2D eigenvalue weighted by Crippen LogP contribution is 2.10. The molecular weight excluding hydrogens is 264 g/mol. The molecule has 0 aliphatic carbocycles. The van der Waals surface area contributed by atoms with Gasteiger partial charge in [-0.25, -0.2) is 0 Å². The molecule has 4 nitrogen and oxygen atoms in total. The first-order valence-corrected chi connectivity index (χ1v) is 6.71. The lowest BCUT2D eigenvalue weighted by Gasteiger charge is -2.07. The maximum absolute atomic E-state index is 12.1. The molecule has 0 bridgehead atoms. The number of carbonyl (C=O) groups is 2. The summed E-state index contributed by atoms with van der Waals surface area (Å²) in [5, 5.41) is 2.86. The van der Waals surface area contributed by atoms with E-state index in [1.165, 1.54) is 0 Å². The van der Waals surface area contributed by atoms with Crippen molar-refractivity contribution < 1.29 is 9.59 Å². The first-order valence-electron chi connectivity index (χ1n) is 6.71. The van der Waals surface area contributed by atoms with Gasteiger partial charge in [-0.1, -0.05) is 18.2 Å². The molecule has 2 aromatic rings. The molecule has 0 atom stereocenters. The molecule has 4 heteroatoms. The summed E-state index contributed by atoms with van der Waals surface area (Å²) in [7, 11) is 0. The van der Waals surface area contributed by atoms with Crippen LogP contribution in [0, 0.1) is 13.8 Å². The molecule has 0 fully saturated rings. The molecule has 0 aliphatic heterocycles. The Morgan fingerprint density at radius 1 is 0.952 bits per heavy atom. The Kier molecular flexibility index (Phi) is 4.38. The van der Waals surface area contributed by atoms with Crippen LogP contribution in [-0.4, -0.2) is 11.8 Å². The summed E-state index contributed by atoms with van der Waals surface area (Å²) in [5.41, 5.74) is 9.45. The summed E-state index contributed by atoms with van der Waals surface area (Å²) in [4.78, 5) is 23.0. The molecule has 21 heavy (non-hydrogen) atoms. The van der Waals surface area contributed by atoms with Gasteiger partial charge in [-0.2, -0.15) is 0 Å². The van der Waals surface area contributed by atoms with Gasteiger partial charge in [0.05, 0.1) is 0 Å². The number of benzene rings is 2. The predicted octanol–water partition coefficient (Wildman–Crippen LogP) is 2.33. The van der Waals surface area contributed by atoms with Gasteiger partial charge in [0.15, 0.2) is 0 Å². The van der Waals surface area contributed by atoms with Crippen LogP contribution in [-0.2, 0) is 6.54 Å². The lowest BCUT2D eigenvalue weighted by Crippen LogP contribution is -2.23. The van der Waals surface area contributed by atoms with E-state index in [0.29, 0.717) is 17.7 Å². The quantitative estimate of drug-likeness (QED) is 0.903. The number of carbonyl (C=O) groups excluding carboxylic acids is 2. The fourth-order valence-corrected chi connectivity index (χ4v) is 1.95. The number of primary amides is 1. The third kappa shape index (κ3) is 3.69. The molecule has 2 aromatic carbocycles. The summed E-state index contributed by atoms with van der Waals surface area (Å²) in [6, 6.07) is 12.5. The molecular formula is C17H18N2O2. The average molecular weight is 282 g/mol. The van der Waals surface area contributed by atoms with Gasteiger partial charge in [0.2, 0.25) is 5.91 Å². The van der Waals surface area contributed by atoms with Crippen LogP contribution in [0.3, 0.4) is 0 Å². The molecule has 0 heterocycles. The van der Waals surface area contributed by atoms with E-state index in [1.54, 1.807) is 24.3 Å². The minimum absolute atomic E-state index is 0.114. The van der Waals surface area contributed by atoms with Gasteiger partial charge >= 0.3 is 0 Å². The second-order valence-corrected chi connectivity index (χ2v) is 5.04. The number of nitrogens with one attached hydrogen (secondary N) is 1. The van der Waals surface area contributed by atoms with Crippen LogP contribution >= 0.6 is 0 Å². The fraction of sp³-hybridized carbons (Fsp3) is 0.176. The fourth-order valence-electron chi connectivity index (χ4n) is 1.95. The number of nitrogens with two attached hydrogens (primary N) is 1. The maximum Gasteiger partial charge on any atom is 0.251 e. The molecule has 0 saturated carbocycles. The van der Waals surface area contributed by atoms with Gasteiger partial charge in [-0.3, -0.25) is 9.59 Å². The zero-order chi connectivity index (χ0) is 15.4. The maximum atomic E-state index is 12.1. The van der Waals surface area contributed by atoms with Crippen molar-refractivity contribution in [3.8, 4) is 0 Å². The molecule has 0 aliphatic rings. The van der Waals surface area contributed by atoms with Crippen LogP contribution in [0.1, 0.15) is 37.4 Å². The zero-order valence-corrected chi connectivity index (χ0v) is 12.1. The second-order valence-electron chi connectivity index (χ2n) is 5.04. The minimum Gasteiger partial charge on any atom is -0.366 e. The largest absolute Gasteiger partial charge is 0.366 e. The SMILES string of the molecule is Cc1ccc(C(=O)NCc2ccc(C(N)=O)cc2)cc1C. The van der Waals surface area contributed by atoms with Gasteiger partial charge in [-0.15, -0.1) is 0 Å². The summed E-state index contributed by atoms with van der Waals surface area (Å²) >= 11 is 0. The lowest BCUT2D eigenvalue weighted by molar-refractivity contribution is 0.0949. The van der Waals surface area contributed by atoms with Gasteiger partial charge in [0, 0.05) is 17.7 Å². The Labute approximate surface area is 124 Å². The highest BCUT2D eigenvalue weighted by molar-refractivity contribution is 5.94. The molecule has 2 rings (SSSR count). The molecule has 0 spiro atoms. The monoisotopic (exact) mass is 282 g/mol. The van der Waals surface area contributed by atoms with Crippen molar-refractivity contribution in [2.24, 2.45) is 5.73 Å². The van der Waals surface area contributed by atoms with Gasteiger partial charge in [0.25, 0.3) is 5.91 Å². The highest BCUT2D eigenvalue weighted by atomic mass is 16.2. The summed E-state index contributed by atoms with van der Waals surface area (Å²) < 4.78 is 0. The molecule has 0 radical (unpaired) electrons. The molecule has 0 saturated heterocycles. The summed E-state index contributed by atoms with van der Waals surface area (Å²) in [6.07, 6.45) is 0. The smallest absolute Gasteiger partial charge is 0.251 e. The van der Waals surface area contributed by atoms with Crippen molar-refractivity contribution in [3.05, 3.63) is 70.3 Å². The van der Waals surface area contributed by atoms with Crippen molar-refractivity contribution in [1.29, 1.82) is 0 Å². The molecule has 108 valence electrons. The van der Waals surface area contributed by atoms with E-state index in [1.807, 2.05) is 32.0 Å². The predicted molar refractivity (Wildman–Crippen MR) is 82.0 cm³/mol. The van der Waals surface area contributed by atoms with Crippen molar-refractivity contribution in [3.63, 3.8) is 0 Å². The lowest BCUT2D eigenvalue weighted by atomic mass is 10.1. The number of hydrogen-bond acceptors (Lipinski definition) is 2. The van der Waals surface area contributed by atoms with Crippen molar-refractivity contribution in [2.75, 3.05) is 0 Å². The number of aryl methyl sites for hydroxylation is 2. The van der Waals surface area contributed by atoms with E-state index in [4.69, 9.17) is 5.73 Å². The Morgan fingerprint density at radius 2 is 1.57 bits per heavy atom. The number of amides is 2. The molecule has 3 N–H and O–H groups in total. The van der Waals surface area contributed by atoms with Crippen LogP contribution in [0.25, 0.3) is 0 Å². The minimum atomic E-state index is -0.458. The third-order valence-electron chi connectivity index (χ3n) is 3.46. The first kappa shape index (κ1) is 14.8. The average Bonchev–Trinajstić information content (AvgIpc) is 2.48. The topological polar surface area (TPSA) is 72.2 Å². The van der Waals surface area contributed by atoms with E-state index >= 15 is 0 Å². The van der Waals surface area contributed by atoms with Crippen LogP contribution in [0.4, 0.5) is 0 Å². The van der Waals surface area contributed by atoms with E-state index in [9.17, 15) is 9.59 Å². The summed E-state index contributed by atoms with van der Waals surface area (Å²) in [6.45, 7) is 4.40. The zero-order valence-electron chi connectivity index (χ0n) is 12.1. The number of rotatable bonds is 4. The Balaban J connectivity index is 2.00. The second kappa shape index (κ2) is 6.22. The van der Waals surface area contributed by atoms with Crippen molar-refractivity contribution in [2.45, 2.75) is 20.4 Å². The van der Waals surface area contributed by atoms with E-state index in [2.05, 4.69) is 5.32 Å². The first-order chi connectivity index (χ1) is 9.97. The molecule has 0 unspecified atom stereocenters. The Hall–Kier alpha value is -2.62. The van der Waals surface area contributed by atoms with E-state index < -0.39 is 5.91 Å². The van der Waals surface area contributed by atoms with E-state index in [0.717, 1.165) is 16.7 Å². The number of hydrogen-bond donors (Lipinski definition) is 2. The molecule has 0 aromatic heterocycles. The van der Waals surface area contributed by atoms with Crippen LogP contribution in [0.5, 0.6) is 0 Å². The summed E-state index contributed by atoms with van der Waals surface area (Å²) in [5.74, 6) is -0.571.